The van der Waals surface area contributed by atoms with E-state index in [-0.39, 0.29) is 6.03 Å². The number of hydrogen-bond donors (Lipinski definition) is 2. The van der Waals surface area contributed by atoms with E-state index in [0.717, 1.165) is 5.75 Å². The van der Waals surface area contributed by atoms with Crippen molar-refractivity contribution in [3.8, 4) is 11.8 Å². The molecule has 0 heterocycles. The summed E-state index contributed by atoms with van der Waals surface area (Å²) < 4.78 is 5.59. The summed E-state index contributed by atoms with van der Waals surface area (Å²) in [6.07, 6.45) is 0. The molecule has 2 amide bonds. The molecule has 2 N–H and O–H groups in total. The molecule has 2 rings (SSSR count). The Morgan fingerprint density at radius 1 is 1.12 bits per heavy atom. The standard InChI is InChI=1S/C19H21N3O2/c1-14(2)16-5-9-18(10-6-16)24-12-11-21-19(23)22-17-7-3-15(13-20)4-8-17/h3-10,14H,11-12H2,1-2H3,(H2,21,22,23). The first-order valence-electron chi connectivity index (χ1n) is 7.86. The zero-order valence-corrected chi connectivity index (χ0v) is 13.9. The lowest BCUT2D eigenvalue weighted by atomic mass is 10.0. The van der Waals surface area contributed by atoms with Crippen molar-refractivity contribution in [1.29, 1.82) is 5.26 Å². The van der Waals surface area contributed by atoms with Crippen LogP contribution in [0.2, 0.25) is 0 Å². The normalized spacial score (nSPS) is 10.1. The Hall–Kier alpha value is -3.00. The van der Waals surface area contributed by atoms with E-state index in [9.17, 15) is 4.79 Å². The van der Waals surface area contributed by atoms with E-state index in [1.807, 2.05) is 30.3 Å². The molecule has 0 bridgehead atoms. The minimum absolute atomic E-state index is 0.307. The van der Waals surface area contributed by atoms with Gasteiger partial charge in [-0.1, -0.05) is 26.0 Å². The Morgan fingerprint density at radius 2 is 1.79 bits per heavy atom. The van der Waals surface area contributed by atoms with Gasteiger partial charge in [0.15, 0.2) is 0 Å². The fourth-order valence-electron chi connectivity index (χ4n) is 2.09. The van der Waals surface area contributed by atoms with Crippen molar-refractivity contribution < 1.29 is 9.53 Å². The summed E-state index contributed by atoms with van der Waals surface area (Å²) in [4.78, 5) is 11.8. The van der Waals surface area contributed by atoms with E-state index in [4.69, 9.17) is 10.00 Å². The van der Waals surface area contributed by atoms with Crippen molar-refractivity contribution in [2.45, 2.75) is 19.8 Å². The molecule has 0 unspecified atom stereocenters. The highest BCUT2D eigenvalue weighted by Gasteiger charge is 2.02. The van der Waals surface area contributed by atoms with Crippen LogP contribution in [0.25, 0.3) is 0 Å². The lowest BCUT2D eigenvalue weighted by Crippen LogP contribution is -2.32. The zero-order chi connectivity index (χ0) is 17.4. The van der Waals surface area contributed by atoms with Crippen LogP contribution in [0, 0.1) is 11.3 Å². The highest BCUT2D eigenvalue weighted by atomic mass is 16.5. The first kappa shape index (κ1) is 17.4. The number of hydrogen-bond acceptors (Lipinski definition) is 3. The minimum Gasteiger partial charge on any atom is -0.492 e. The van der Waals surface area contributed by atoms with Gasteiger partial charge in [0.2, 0.25) is 0 Å². The Balaban J connectivity index is 1.69. The van der Waals surface area contributed by atoms with Crippen molar-refractivity contribution in [3.05, 3.63) is 59.7 Å². The van der Waals surface area contributed by atoms with Crippen molar-refractivity contribution in [1.82, 2.24) is 5.32 Å². The van der Waals surface area contributed by atoms with Crippen molar-refractivity contribution in [3.63, 3.8) is 0 Å². The largest absolute Gasteiger partial charge is 0.492 e. The van der Waals surface area contributed by atoms with E-state index in [2.05, 4.69) is 24.5 Å². The highest BCUT2D eigenvalue weighted by molar-refractivity contribution is 5.89. The molecule has 0 saturated carbocycles. The quantitative estimate of drug-likeness (QED) is 0.792. The SMILES string of the molecule is CC(C)c1ccc(OCCNC(=O)Nc2ccc(C#N)cc2)cc1. The lowest BCUT2D eigenvalue weighted by molar-refractivity contribution is 0.247. The Labute approximate surface area is 142 Å². The smallest absolute Gasteiger partial charge is 0.319 e. The van der Waals surface area contributed by atoms with E-state index in [1.54, 1.807) is 24.3 Å². The summed E-state index contributed by atoms with van der Waals surface area (Å²) in [5.74, 6) is 1.28. The number of rotatable bonds is 6. The molecule has 2 aromatic rings. The maximum Gasteiger partial charge on any atom is 0.319 e. The summed E-state index contributed by atoms with van der Waals surface area (Å²) in [5.41, 5.74) is 2.46. The minimum atomic E-state index is -0.307. The number of nitriles is 1. The second-order valence-corrected chi connectivity index (χ2v) is 5.64. The van der Waals surface area contributed by atoms with Gasteiger partial charge in [0.05, 0.1) is 18.2 Å². The molecule has 124 valence electrons. The molecule has 0 aliphatic heterocycles. The molecule has 0 spiro atoms. The number of urea groups is 1. The molecule has 0 aliphatic rings. The third kappa shape index (κ3) is 5.33. The van der Waals surface area contributed by atoms with Crippen LogP contribution in [0.3, 0.4) is 0 Å². The van der Waals surface area contributed by atoms with Crippen LogP contribution < -0.4 is 15.4 Å². The fraction of sp³-hybridized carbons (Fsp3) is 0.263. The van der Waals surface area contributed by atoms with Gasteiger partial charge in [-0.05, 0) is 47.9 Å². The summed E-state index contributed by atoms with van der Waals surface area (Å²) in [6, 6.07) is 16.4. The van der Waals surface area contributed by atoms with Crippen LogP contribution in [0.1, 0.15) is 30.9 Å². The highest BCUT2D eigenvalue weighted by Crippen LogP contribution is 2.18. The molecule has 0 fully saturated rings. The summed E-state index contributed by atoms with van der Waals surface area (Å²) >= 11 is 0. The van der Waals surface area contributed by atoms with E-state index >= 15 is 0 Å². The third-order valence-corrected chi connectivity index (χ3v) is 3.47. The Morgan fingerprint density at radius 3 is 2.38 bits per heavy atom. The van der Waals surface area contributed by atoms with E-state index in [1.165, 1.54) is 5.56 Å². The zero-order valence-electron chi connectivity index (χ0n) is 13.9. The van der Waals surface area contributed by atoms with E-state index < -0.39 is 0 Å². The fourth-order valence-corrected chi connectivity index (χ4v) is 2.09. The molecule has 24 heavy (non-hydrogen) atoms. The van der Waals surface area contributed by atoms with Gasteiger partial charge in [0, 0.05) is 5.69 Å². The van der Waals surface area contributed by atoms with Crippen LogP contribution >= 0.6 is 0 Å². The second-order valence-electron chi connectivity index (χ2n) is 5.64. The van der Waals surface area contributed by atoms with Gasteiger partial charge in [-0.3, -0.25) is 0 Å². The average Bonchev–Trinajstić information content (AvgIpc) is 2.60. The second kappa shape index (κ2) is 8.59. The van der Waals surface area contributed by atoms with Crippen LogP contribution in [0.4, 0.5) is 10.5 Å². The molecule has 2 aromatic carbocycles. The van der Waals surface area contributed by atoms with Crippen LogP contribution in [0.15, 0.2) is 48.5 Å². The summed E-state index contributed by atoms with van der Waals surface area (Å²) in [6.45, 7) is 5.08. The molecule has 0 saturated heterocycles. The summed E-state index contributed by atoms with van der Waals surface area (Å²) in [7, 11) is 0. The number of carbonyl (C=O) groups excluding carboxylic acids is 1. The number of amides is 2. The van der Waals surface area contributed by atoms with Crippen molar-refractivity contribution >= 4 is 11.7 Å². The Kier molecular flexibility index (Phi) is 6.21. The first-order valence-corrected chi connectivity index (χ1v) is 7.86. The molecular formula is C19H21N3O2. The maximum absolute atomic E-state index is 11.8. The number of anilines is 1. The Bertz CT molecular complexity index is 701. The monoisotopic (exact) mass is 323 g/mol. The summed E-state index contributed by atoms with van der Waals surface area (Å²) in [5, 5.41) is 14.1. The van der Waals surface area contributed by atoms with Gasteiger partial charge in [-0.25, -0.2) is 4.79 Å². The number of nitrogens with zero attached hydrogens (tertiary/aromatic N) is 1. The number of benzene rings is 2. The van der Waals surface area contributed by atoms with Gasteiger partial charge in [-0.15, -0.1) is 0 Å². The third-order valence-electron chi connectivity index (χ3n) is 3.47. The van der Waals surface area contributed by atoms with Gasteiger partial charge in [0.1, 0.15) is 12.4 Å². The predicted octanol–water partition coefficient (Wildman–Crippen LogP) is 3.88. The molecule has 5 nitrogen and oxygen atoms in total. The number of carbonyl (C=O) groups is 1. The van der Waals surface area contributed by atoms with Crippen LogP contribution in [-0.2, 0) is 0 Å². The van der Waals surface area contributed by atoms with Gasteiger partial charge in [0.25, 0.3) is 0 Å². The number of nitrogens with one attached hydrogen (secondary N) is 2. The van der Waals surface area contributed by atoms with Gasteiger partial charge in [-0.2, -0.15) is 5.26 Å². The van der Waals surface area contributed by atoms with Crippen molar-refractivity contribution in [2.24, 2.45) is 0 Å². The molecular weight excluding hydrogens is 302 g/mol. The van der Waals surface area contributed by atoms with Crippen LogP contribution in [-0.4, -0.2) is 19.2 Å². The number of ether oxygens (including phenoxy) is 1. The molecule has 0 aliphatic carbocycles. The maximum atomic E-state index is 11.8. The lowest BCUT2D eigenvalue weighted by Gasteiger charge is -2.10. The van der Waals surface area contributed by atoms with Crippen LogP contribution in [0.5, 0.6) is 5.75 Å². The molecule has 0 aromatic heterocycles. The van der Waals surface area contributed by atoms with E-state index in [0.29, 0.717) is 30.3 Å². The molecule has 5 heteroatoms. The van der Waals surface area contributed by atoms with Gasteiger partial charge >= 0.3 is 6.03 Å². The average molecular weight is 323 g/mol. The molecule has 0 atom stereocenters. The predicted molar refractivity (Wildman–Crippen MR) is 94.2 cm³/mol. The van der Waals surface area contributed by atoms with Gasteiger partial charge < -0.3 is 15.4 Å². The first-order chi connectivity index (χ1) is 11.6. The van der Waals surface area contributed by atoms with Crippen molar-refractivity contribution in [2.75, 3.05) is 18.5 Å². The topological polar surface area (TPSA) is 74.2 Å². The molecule has 0 radical (unpaired) electrons.